The second kappa shape index (κ2) is 5.84. The lowest BCUT2D eigenvalue weighted by Crippen LogP contribution is -2.56. The molecule has 0 radical (unpaired) electrons. The van der Waals surface area contributed by atoms with Crippen molar-refractivity contribution in [1.29, 1.82) is 0 Å². The third-order valence-electron chi connectivity index (χ3n) is 3.20. The maximum absolute atomic E-state index is 11.8. The monoisotopic (exact) mass is 249 g/mol. The van der Waals surface area contributed by atoms with Gasteiger partial charge in [-0.3, -0.25) is 9.69 Å². The minimum Gasteiger partial charge on any atom is -0.508 e. The van der Waals surface area contributed by atoms with Crippen molar-refractivity contribution < 1.29 is 9.90 Å². The Morgan fingerprint density at radius 2 is 2.44 bits per heavy atom. The van der Waals surface area contributed by atoms with Gasteiger partial charge in [-0.1, -0.05) is 12.1 Å². The number of benzene rings is 1. The van der Waals surface area contributed by atoms with Gasteiger partial charge in [0.1, 0.15) is 11.8 Å². The lowest BCUT2D eigenvalue weighted by molar-refractivity contribution is -0.126. The summed E-state index contributed by atoms with van der Waals surface area (Å²) in [6.07, 6.45) is 0. The molecule has 5 heteroatoms. The van der Waals surface area contributed by atoms with Crippen LogP contribution in [-0.2, 0) is 11.3 Å². The topological polar surface area (TPSA) is 64.6 Å². The van der Waals surface area contributed by atoms with E-state index in [9.17, 15) is 9.90 Å². The van der Waals surface area contributed by atoms with Gasteiger partial charge in [-0.2, -0.15) is 0 Å². The normalized spacial score (nSPS) is 20.6. The summed E-state index contributed by atoms with van der Waals surface area (Å²) < 4.78 is 0. The van der Waals surface area contributed by atoms with Crippen molar-refractivity contribution in [2.45, 2.75) is 12.6 Å². The molecule has 18 heavy (non-hydrogen) atoms. The van der Waals surface area contributed by atoms with Gasteiger partial charge in [0.2, 0.25) is 5.91 Å². The highest BCUT2D eigenvalue weighted by Gasteiger charge is 2.27. The van der Waals surface area contributed by atoms with Crippen LogP contribution in [0.5, 0.6) is 5.75 Å². The van der Waals surface area contributed by atoms with Crippen LogP contribution >= 0.6 is 0 Å². The SMILES string of the molecule is CNC(=O)C1CNCCN1Cc1cccc(O)c1. The van der Waals surface area contributed by atoms with Crippen molar-refractivity contribution in [3.63, 3.8) is 0 Å². The molecule has 1 aromatic rings. The Kier molecular flexibility index (Phi) is 4.17. The third-order valence-corrected chi connectivity index (χ3v) is 3.20. The predicted octanol–water partition coefficient (Wildman–Crippen LogP) is -0.0880. The van der Waals surface area contributed by atoms with Crippen LogP contribution in [0.25, 0.3) is 0 Å². The molecule has 1 aliphatic heterocycles. The fourth-order valence-electron chi connectivity index (χ4n) is 2.25. The molecule has 0 bridgehead atoms. The molecule has 0 spiro atoms. The standard InChI is InChI=1S/C13H19N3O2/c1-14-13(18)12-8-15-5-6-16(12)9-10-3-2-4-11(17)7-10/h2-4,7,12,15,17H,5-6,8-9H2,1H3,(H,14,18). The number of carbonyl (C=O) groups excluding carboxylic acids is 1. The first-order valence-electron chi connectivity index (χ1n) is 6.15. The smallest absolute Gasteiger partial charge is 0.238 e. The van der Waals surface area contributed by atoms with Crippen LogP contribution in [-0.4, -0.2) is 48.6 Å². The summed E-state index contributed by atoms with van der Waals surface area (Å²) >= 11 is 0. The van der Waals surface area contributed by atoms with Gasteiger partial charge in [-0.25, -0.2) is 0 Å². The highest BCUT2D eigenvalue weighted by molar-refractivity contribution is 5.81. The van der Waals surface area contributed by atoms with E-state index >= 15 is 0 Å². The van der Waals surface area contributed by atoms with Crippen molar-refractivity contribution >= 4 is 5.91 Å². The Hall–Kier alpha value is -1.59. The Labute approximate surface area is 107 Å². The minimum atomic E-state index is -0.147. The van der Waals surface area contributed by atoms with Crippen LogP contribution in [0.4, 0.5) is 0 Å². The summed E-state index contributed by atoms with van der Waals surface area (Å²) in [4.78, 5) is 13.9. The van der Waals surface area contributed by atoms with Crippen LogP contribution in [0.15, 0.2) is 24.3 Å². The molecule has 0 aliphatic carbocycles. The van der Waals surface area contributed by atoms with E-state index in [0.717, 1.165) is 18.7 Å². The van der Waals surface area contributed by atoms with E-state index in [4.69, 9.17) is 0 Å². The molecule has 1 aliphatic rings. The highest BCUT2D eigenvalue weighted by Crippen LogP contribution is 2.15. The first-order chi connectivity index (χ1) is 8.70. The van der Waals surface area contributed by atoms with E-state index in [-0.39, 0.29) is 17.7 Å². The number of likely N-dealkylation sites (N-methyl/N-ethyl adjacent to an activating group) is 1. The molecule has 1 atom stereocenters. The average Bonchev–Trinajstić information content (AvgIpc) is 2.38. The van der Waals surface area contributed by atoms with Gasteiger partial charge in [0.25, 0.3) is 0 Å². The first kappa shape index (κ1) is 12.9. The van der Waals surface area contributed by atoms with Crippen molar-refractivity contribution in [3.05, 3.63) is 29.8 Å². The Bertz CT molecular complexity index is 422. The van der Waals surface area contributed by atoms with Gasteiger partial charge in [0, 0.05) is 33.2 Å². The average molecular weight is 249 g/mol. The molecule has 98 valence electrons. The Balaban J connectivity index is 2.07. The second-order valence-corrected chi connectivity index (χ2v) is 4.47. The molecule has 3 N–H and O–H groups in total. The van der Waals surface area contributed by atoms with Crippen LogP contribution in [0.1, 0.15) is 5.56 Å². The van der Waals surface area contributed by atoms with Crippen molar-refractivity contribution in [2.75, 3.05) is 26.7 Å². The Morgan fingerprint density at radius 3 is 3.17 bits per heavy atom. The number of rotatable bonds is 3. The molecule has 2 rings (SSSR count). The number of hydrogen-bond acceptors (Lipinski definition) is 4. The van der Waals surface area contributed by atoms with Crippen molar-refractivity contribution in [3.8, 4) is 5.75 Å². The van der Waals surface area contributed by atoms with Crippen LogP contribution in [0, 0.1) is 0 Å². The van der Waals surface area contributed by atoms with E-state index in [1.165, 1.54) is 0 Å². The number of piperazine rings is 1. The number of hydrogen-bond donors (Lipinski definition) is 3. The first-order valence-corrected chi connectivity index (χ1v) is 6.15. The molecule has 1 unspecified atom stereocenters. The van der Waals surface area contributed by atoms with E-state index in [1.807, 2.05) is 12.1 Å². The number of phenols is 1. The number of nitrogens with zero attached hydrogens (tertiary/aromatic N) is 1. The minimum absolute atomic E-state index is 0.0300. The number of nitrogens with one attached hydrogen (secondary N) is 2. The van der Waals surface area contributed by atoms with Gasteiger partial charge in [-0.05, 0) is 17.7 Å². The summed E-state index contributed by atoms with van der Waals surface area (Å²) in [7, 11) is 1.66. The van der Waals surface area contributed by atoms with Gasteiger partial charge in [0.05, 0.1) is 0 Å². The maximum atomic E-state index is 11.8. The van der Waals surface area contributed by atoms with E-state index < -0.39 is 0 Å². The zero-order valence-corrected chi connectivity index (χ0v) is 10.5. The lowest BCUT2D eigenvalue weighted by Gasteiger charge is -2.34. The molecular formula is C13H19N3O2. The molecule has 1 heterocycles. The molecule has 0 saturated carbocycles. The van der Waals surface area contributed by atoms with Gasteiger partial charge >= 0.3 is 0 Å². The number of carbonyl (C=O) groups is 1. The van der Waals surface area contributed by atoms with Gasteiger partial charge in [0.15, 0.2) is 0 Å². The van der Waals surface area contributed by atoms with Crippen molar-refractivity contribution in [1.82, 2.24) is 15.5 Å². The molecule has 0 aromatic heterocycles. The predicted molar refractivity (Wildman–Crippen MR) is 69.2 cm³/mol. The number of aromatic hydroxyl groups is 1. The van der Waals surface area contributed by atoms with E-state index in [0.29, 0.717) is 13.1 Å². The van der Waals surface area contributed by atoms with Gasteiger partial charge < -0.3 is 15.7 Å². The molecule has 1 fully saturated rings. The highest BCUT2D eigenvalue weighted by atomic mass is 16.3. The fourth-order valence-corrected chi connectivity index (χ4v) is 2.25. The van der Waals surface area contributed by atoms with Crippen LogP contribution in [0.3, 0.4) is 0 Å². The second-order valence-electron chi connectivity index (χ2n) is 4.47. The molecule has 5 nitrogen and oxygen atoms in total. The zero-order valence-electron chi connectivity index (χ0n) is 10.5. The number of amides is 1. The third kappa shape index (κ3) is 3.00. The summed E-state index contributed by atoms with van der Waals surface area (Å²) in [6, 6.07) is 7.02. The molecule has 1 amide bonds. The zero-order chi connectivity index (χ0) is 13.0. The lowest BCUT2D eigenvalue weighted by atomic mass is 10.1. The van der Waals surface area contributed by atoms with Crippen LogP contribution in [0.2, 0.25) is 0 Å². The fraction of sp³-hybridized carbons (Fsp3) is 0.462. The van der Waals surface area contributed by atoms with Gasteiger partial charge in [-0.15, -0.1) is 0 Å². The molecular weight excluding hydrogens is 230 g/mol. The van der Waals surface area contributed by atoms with Crippen LogP contribution < -0.4 is 10.6 Å². The van der Waals surface area contributed by atoms with Crippen molar-refractivity contribution in [2.24, 2.45) is 0 Å². The van der Waals surface area contributed by atoms with E-state index in [2.05, 4.69) is 15.5 Å². The maximum Gasteiger partial charge on any atom is 0.238 e. The summed E-state index contributed by atoms with van der Waals surface area (Å²) in [5.41, 5.74) is 1.02. The largest absolute Gasteiger partial charge is 0.508 e. The summed E-state index contributed by atoms with van der Waals surface area (Å²) in [5, 5.41) is 15.4. The summed E-state index contributed by atoms with van der Waals surface area (Å²) in [6.45, 7) is 3.05. The summed E-state index contributed by atoms with van der Waals surface area (Å²) in [5.74, 6) is 0.293. The quantitative estimate of drug-likeness (QED) is 0.700. The van der Waals surface area contributed by atoms with E-state index in [1.54, 1.807) is 19.2 Å². The Morgan fingerprint density at radius 1 is 1.61 bits per heavy atom. The number of phenolic OH excluding ortho intramolecular Hbond substituents is 1. The molecule has 1 saturated heterocycles. The molecule has 1 aromatic carbocycles.